The maximum atomic E-state index is 12.1. The van der Waals surface area contributed by atoms with Gasteiger partial charge in [0, 0.05) is 24.4 Å². The number of unbranched alkanes of at least 4 members (excludes halogenated alkanes) is 1. The summed E-state index contributed by atoms with van der Waals surface area (Å²) in [7, 11) is 0. The standard InChI is InChI=1S/C18H25N3OS.2ClH/c1-2-3-9-15(12-19)20-17(22)11-16-13-23-18(21-16)10-14-7-5-4-6-8-14;;/h4-8,13,15H,2-3,9-12,19H2,1H3,(H,20,22);2*1H. The molecule has 0 bridgehead atoms. The van der Waals surface area contributed by atoms with Crippen molar-refractivity contribution in [1.29, 1.82) is 0 Å². The van der Waals surface area contributed by atoms with E-state index >= 15 is 0 Å². The average Bonchev–Trinajstić information content (AvgIpc) is 2.99. The third-order valence-corrected chi connectivity index (χ3v) is 4.59. The summed E-state index contributed by atoms with van der Waals surface area (Å²) in [4.78, 5) is 16.7. The minimum Gasteiger partial charge on any atom is -0.352 e. The van der Waals surface area contributed by atoms with Gasteiger partial charge in [0.25, 0.3) is 0 Å². The number of nitrogens with two attached hydrogens (primary N) is 1. The molecule has 0 saturated heterocycles. The van der Waals surface area contributed by atoms with Gasteiger partial charge in [-0.1, -0.05) is 50.1 Å². The third kappa shape index (κ3) is 8.68. The van der Waals surface area contributed by atoms with Crippen LogP contribution >= 0.6 is 36.2 Å². The van der Waals surface area contributed by atoms with Crippen molar-refractivity contribution in [2.45, 2.75) is 45.1 Å². The molecule has 25 heavy (non-hydrogen) atoms. The SMILES string of the molecule is CCCCC(CN)NC(=O)Cc1csc(Cc2ccccc2)n1.Cl.Cl. The van der Waals surface area contributed by atoms with Gasteiger partial charge in [0.15, 0.2) is 0 Å². The molecule has 0 radical (unpaired) electrons. The first-order valence-electron chi connectivity index (χ1n) is 8.18. The fourth-order valence-corrected chi connectivity index (χ4v) is 3.25. The van der Waals surface area contributed by atoms with Gasteiger partial charge in [0.1, 0.15) is 0 Å². The molecule has 1 heterocycles. The number of amides is 1. The smallest absolute Gasteiger partial charge is 0.226 e. The molecule has 3 N–H and O–H groups in total. The van der Waals surface area contributed by atoms with Crippen LogP contribution in [0.5, 0.6) is 0 Å². The van der Waals surface area contributed by atoms with Crippen molar-refractivity contribution in [3.8, 4) is 0 Å². The lowest BCUT2D eigenvalue weighted by Crippen LogP contribution is -2.40. The Morgan fingerprint density at radius 3 is 2.64 bits per heavy atom. The third-order valence-electron chi connectivity index (χ3n) is 3.69. The summed E-state index contributed by atoms with van der Waals surface area (Å²) < 4.78 is 0. The van der Waals surface area contributed by atoms with Crippen molar-refractivity contribution in [2.24, 2.45) is 5.73 Å². The number of carbonyl (C=O) groups is 1. The van der Waals surface area contributed by atoms with E-state index in [1.807, 2.05) is 23.6 Å². The number of hydrogen-bond donors (Lipinski definition) is 2. The predicted octanol–water partition coefficient (Wildman–Crippen LogP) is 3.75. The topological polar surface area (TPSA) is 68.0 Å². The number of halogens is 2. The fraction of sp³-hybridized carbons (Fsp3) is 0.444. The lowest BCUT2D eigenvalue weighted by atomic mass is 10.1. The van der Waals surface area contributed by atoms with Gasteiger partial charge in [0.2, 0.25) is 5.91 Å². The maximum Gasteiger partial charge on any atom is 0.226 e. The minimum atomic E-state index is 0. The Morgan fingerprint density at radius 2 is 2.00 bits per heavy atom. The fourth-order valence-electron chi connectivity index (χ4n) is 2.42. The minimum absolute atomic E-state index is 0. The van der Waals surface area contributed by atoms with Gasteiger partial charge in [0.05, 0.1) is 17.1 Å². The monoisotopic (exact) mass is 403 g/mol. The molecule has 1 aromatic carbocycles. The van der Waals surface area contributed by atoms with E-state index in [1.54, 1.807) is 11.3 Å². The number of hydrogen-bond acceptors (Lipinski definition) is 4. The van der Waals surface area contributed by atoms with Crippen LogP contribution in [0.3, 0.4) is 0 Å². The van der Waals surface area contributed by atoms with Gasteiger partial charge in [-0.05, 0) is 12.0 Å². The van der Waals surface area contributed by atoms with Gasteiger partial charge in [-0.3, -0.25) is 4.79 Å². The van der Waals surface area contributed by atoms with E-state index in [2.05, 4.69) is 29.4 Å². The summed E-state index contributed by atoms with van der Waals surface area (Å²) in [5, 5.41) is 6.03. The van der Waals surface area contributed by atoms with Crippen LogP contribution in [0.2, 0.25) is 0 Å². The largest absolute Gasteiger partial charge is 0.352 e. The summed E-state index contributed by atoms with van der Waals surface area (Å²) in [5.74, 6) is 0.00751. The Kier molecular flexibility index (Phi) is 12.5. The zero-order valence-corrected chi connectivity index (χ0v) is 16.9. The number of carbonyl (C=O) groups excluding carboxylic acids is 1. The van der Waals surface area contributed by atoms with Gasteiger partial charge in [-0.2, -0.15) is 0 Å². The van der Waals surface area contributed by atoms with Crippen LogP contribution in [0.4, 0.5) is 0 Å². The molecule has 1 unspecified atom stereocenters. The molecule has 1 atom stereocenters. The quantitative estimate of drug-likeness (QED) is 0.669. The Hall–Kier alpha value is -1.14. The zero-order chi connectivity index (χ0) is 16.5. The van der Waals surface area contributed by atoms with Crippen LogP contribution < -0.4 is 11.1 Å². The number of nitrogens with zero attached hydrogens (tertiary/aromatic N) is 1. The van der Waals surface area contributed by atoms with E-state index in [0.29, 0.717) is 13.0 Å². The van der Waals surface area contributed by atoms with Crippen molar-refractivity contribution in [2.75, 3.05) is 6.54 Å². The van der Waals surface area contributed by atoms with E-state index < -0.39 is 0 Å². The molecule has 1 aromatic heterocycles. The predicted molar refractivity (Wildman–Crippen MR) is 110 cm³/mol. The van der Waals surface area contributed by atoms with Crippen LogP contribution in [0, 0.1) is 0 Å². The summed E-state index contributed by atoms with van der Waals surface area (Å²) >= 11 is 1.61. The molecule has 0 saturated carbocycles. The highest BCUT2D eigenvalue weighted by Crippen LogP contribution is 2.15. The second-order valence-corrected chi connectivity index (χ2v) is 6.66. The molecule has 7 heteroatoms. The summed E-state index contributed by atoms with van der Waals surface area (Å²) in [6.07, 6.45) is 4.28. The number of benzene rings is 1. The summed E-state index contributed by atoms with van der Waals surface area (Å²) in [6, 6.07) is 10.3. The second-order valence-electron chi connectivity index (χ2n) is 5.71. The first-order valence-corrected chi connectivity index (χ1v) is 9.05. The van der Waals surface area contributed by atoms with Crippen molar-refractivity contribution < 1.29 is 4.79 Å². The first-order chi connectivity index (χ1) is 11.2. The van der Waals surface area contributed by atoms with Gasteiger partial charge in [-0.25, -0.2) is 4.98 Å². The van der Waals surface area contributed by atoms with Gasteiger partial charge in [-0.15, -0.1) is 36.2 Å². The van der Waals surface area contributed by atoms with Crippen molar-refractivity contribution in [3.05, 3.63) is 52.0 Å². The lowest BCUT2D eigenvalue weighted by Gasteiger charge is -2.15. The Labute approximate surface area is 166 Å². The molecular formula is C18H27Cl2N3OS. The molecule has 0 aliphatic heterocycles. The Balaban J connectivity index is 0.00000288. The Morgan fingerprint density at radius 1 is 1.28 bits per heavy atom. The number of aromatic nitrogens is 1. The van der Waals surface area contributed by atoms with E-state index in [1.165, 1.54) is 5.56 Å². The van der Waals surface area contributed by atoms with Crippen LogP contribution in [0.15, 0.2) is 35.7 Å². The molecule has 2 aromatic rings. The number of nitrogens with one attached hydrogen (secondary N) is 1. The molecule has 0 fully saturated rings. The van der Waals surface area contributed by atoms with Crippen LogP contribution in [0.25, 0.3) is 0 Å². The molecule has 0 aliphatic carbocycles. The lowest BCUT2D eigenvalue weighted by molar-refractivity contribution is -0.121. The average molecular weight is 404 g/mol. The highest BCUT2D eigenvalue weighted by atomic mass is 35.5. The first kappa shape index (κ1) is 23.9. The maximum absolute atomic E-state index is 12.1. The van der Waals surface area contributed by atoms with Crippen LogP contribution in [-0.4, -0.2) is 23.5 Å². The number of thiazole rings is 1. The van der Waals surface area contributed by atoms with Crippen molar-refractivity contribution in [3.63, 3.8) is 0 Å². The van der Waals surface area contributed by atoms with E-state index in [0.717, 1.165) is 36.4 Å². The summed E-state index contributed by atoms with van der Waals surface area (Å²) in [5.41, 5.74) is 7.79. The van der Waals surface area contributed by atoms with Crippen LogP contribution in [-0.2, 0) is 17.6 Å². The van der Waals surface area contributed by atoms with E-state index in [4.69, 9.17) is 5.73 Å². The van der Waals surface area contributed by atoms with E-state index in [9.17, 15) is 4.79 Å². The van der Waals surface area contributed by atoms with Crippen LogP contribution in [0.1, 0.15) is 42.5 Å². The molecule has 140 valence electrons. The molecule has 1 amide bonds. The van der Waals surface area contributed by atoms with Gasteiger partial charge >= 0.3 is 0 Å². The Bertz CT molecular complexity index is 607. The molecule has 0 aliphatic rings. The molecule has 2 rings (SSSR count). The van der Waals surface area contributed by atoms with Gasteiger partial charge < -0.3 is 11.1 Å². The molecule has 0 spiro atoms. The molecular weight excluding hydrogens is 377 g/mol. The normalized spacial score (nSPS) is 11.1. The zero-order valence-electron chi connectivity index (χ0n) is 14.4. The summed E-state index contributed by atoms with van der Waals surface area (Å²) in [6.45, 7) is 2.63. The highest BCUT2D eigenvalue weighted by molar-refractivity contribution is 7.09. The number of rotatable bonds is 9. The van der Waals surface area contributed by atoms with Crippen molar-refractivity contribution >= 4 is 42.1 Å². The molecule has 4 nitrogen and oxygen atoms in total. The second kappa shape index (κ2) is 13.1. The highest BCUT2D eigenvalue weighted by Gasteiger charge is 2.12. The van der Waals surface area contributed by atoms with Crippen molar-refractivity contribution in [1.82, 2.24) is 10.3 Å². The van der Waals surface area contributed by atoms with E-state index in [-0.39, 0.29) is 36.8 Å².